The molecule has 8 nitrogen and oxygen atoms in total. The molecule has 0 aromatic carbocycles. The summed E-state index contributed by atoms with van der Waals surface area (Å²) in [7, 11) is 2.80. The van der Waals surface area contributed by atoms with Crippen LogP contribution in [-0.2, 0) is 9.53 Å². The Bertz CT molecular complexity index is 420. The average Bonchev–Trinajstić information content (AvgIpc) is 2.39. The molecule has 1 heterocycles. The Balaban J connectivity index is 2.58. The van der Waals surface area contributed by atoms with E-state index >= 15 is 0 Å². The van der Waals surface area contributed by atoms with E-state index < -0.39 is 12.1 Å². The third-order valence-electron chi connectivity index (χ3n) is 2.15. The molecule has 3 N–H and O–H groups in total. The van der Waals surface area contributed by atoms with E-state index in [1.165, 1.54) is 26.3 Å². The van der Waals surface area contributed by atoms with Crippen molar-refractivity contribution >= 4 is 17.7 Å². The number of carbonyl (C=O) groups is 2. The first-order chi connectivity index (χ1) is 8.58. The fourth-order valence-electron chi connectivity index (χ4n) is 1.14. The molecule has 0 fully saturated rings. The largest absolute Gasteiger partial charge is 0.479 e. The van der Waals surface area contributed by atoms with Crippen molar-refractivity contribution in [1.29, 1.82) is 0 Å². The van der Waals surface area contributed by atoms with Gasteiger partial charge in [-0.05, 0) is 12.1 Å². The van der Waals surface area contributed by atoms with E-state index in [2.05, 4.69) is 20.8 Å². The number of aromatic nitrogens is 2. The molecule has 0 aliphatic carbocycles. The second-order valence-corrected chi connectivity index (χ2v) is 3.33. The standard InChI is InChI=1S/C10H14N4O4/c1-11-9(15)6-3-4-8(14-13-6)12-5-7(18-2)10(16)17/h3-4,7H,5H2,1-2H3,(H,11,15)(H,12,14)(H,16,17). The van der Waals surface area contributed by atoms with Gasteiger partial charge in [-0.1, -0.05) is 0 Å². The summed E-state index contributed by atoms with van der Waals surface area (Å²) in [6.45, 7) is 0.0554. The van der Waals surface area contributed by atoms with Gasteiger partial charge in [-0.3, -0.25) is 4.79 Å². The van der Waals surface area contributed by atoms with Crippen molar-refractivity contribution in [3.8, 4) is 0 Å². The van der Waals surface area contributed by atoms with Crippen LogP contribution in [0.1, 0.15) is 10.5 Å². The number of carboxylic acid groups (broad SMARTS) is 1. The van der Waals surface area contributed by atoms with Crippen LogP contribution in [0.25, 0.3) is 0 Å². The van der Waals surface area contributed by atoms with Crippen LogP contribution >= 0.6 is 0 Å². The number of aliphatic carboxylic acids is 1. The third-order valence-corrected chi connectivity index (χ3v) is 2.15. The van der Waals surface area contributed by atoms with Gasteiger partial charge in [-0.15, -0.1) is 10.2 Å². The molecule has 0 radical (unpaired) electrons. The van der Waals surface area contributed by atoms with Gasteiger partial charge in [0.25, 0.3) is 5.91 Å². The molecule has 0 spiro atoms. The molecular formula is C10H14N4O4. The molecule has 18 heavy (non-hydrogen) atoms. The van der Waals surface area contributed by atoms with Gasteiger partial charge >= 0.3 is 5.97 Å². The summed E-state index contributed by atoms with van der Waals surface area (Å²) in [5.74, 6) is -1.04. The lowest BCUT2D eigenvalue weighted by Crippen LogP contribution is -2.30. The molecule has 1 unspecified atom stereocenters. The maximum atomic E-state index is 11.2. The Morgan fingerprint density at radius 3 is 2.61 bits per heavy atom. The predicted molar refractivity (Wildman–Crippen MR) is 62.3 cm³/mol. The molecular weight excluding hydrogens is 240 g/mol. The number of amides is 1. The number of carboxylic acids is 1. The fourth-order valence-corrected chi connectivity index (χ4v) is 1.14. The quantitative estimate of drug-likeness (QED) is 0.618. The van der Waals surface area contributed by atoms with Crippen molar-refractivity contribution in [3.05, 3.63) is 17.8 Å². The molecule has 0 saturated carbocycles. The Kier molecular flexibility index (Phi) is 5.00. The topological polar surface area (TPSA) is 113 Å². The second-order valence-electron chi connectivity index (χ2n) is 3.33. The van der Waals surface area contributed by atoms with E-state index in [1.54, 1.807) is 0 Å². The molecule has 0 bridgehead atoms. The smallest absolute Gasteiger partial charge is 0.334 e. The van der Waals surface area contributed by atoms with Crippen LogP contribution < -0.4 is 10.6 Å². The molecule has 0 aliphatic heterocycles. The Hall–Kier alpha value is -2.22. The first-order valence-corrected chi connectivity index (χ1v) is 5.13. The van der Waals surface area contributed by atoms with Crippen LogP contribution in [0.4, 0.5) is 5.82 Å². The van der Waals surface area contributed by atoms with Crippen molar-refractivity contribution in [2.75, 3.05) is 26.0 Å². The number of ether oxygens (including phenoxy) is 1. The number of anilines is 1. The minimum absolute atomic E-state index is 0.0554. The van der Waals surface area contributed by atoms with Crippen LogP contribution in [0.3, 0.4) is 0 Å². The highest BCUT2D eigenvalue weighted by Gasteiger charge is 2.16. The zero-order valence-electron chi connectivity index (χ0n) is 10.0. The maximum absolute atomic E-state index is 11.2. The minimum Gasteiger partial charge on any atom is -0.479 e. The second kappa shape index (κ2) is 6.50. The normalized spacial score (nSPS) is 11.7. The highest BCUT2D eigenvalue weighted by Crippen LogP contribution is 2.03. The van der Waals surface area contributed by atoms with Gasteiger partial charge < -0.3 is 20.5 Å². The van der Waals surface area contributed by atoms with E-state index in [4.69, 9.17) is 9.84 Å². The first kappa shape index (κ1) is 13.8. The number of hydrogen-bond donors (Lipinski definition) is 3. The Morgan fingerprint density at radius 1 is 1.44 bits per heavy atom. The first-order valence-electron chi connectivity index (χ1n) is 5.13. The van der Waals surface area contributed by atoms with Crippen molar-refractivity contribution in [1.82, 2.24) is 15.5 Å². The highest BCUT2D eigenvalue weighted by molar-refractivity contribution is 5.91. The third kappa shape index (κ3) is 3.67. The summed E-state index contributed by atoms with van der Waals surface area (Å²) in [4.78, 5) is 21.9. The maximum Gasteiger partial charge on any atom is 0.334 e. The lowest BCUT2D eigenvalue weighted by molar-refractivity contribution is -0.147. The summed E-state index contributed by atoms with van der Waals surface area (Å²) >= 11 is 0. The predicted octanol–water partition coefficient (Wildman–Crippen LogP) is -0.652. The average molecular weight is 254 g/mol. The molecule has 0 aliphatic rings. The zero-order chi connectivity index (χ0) is 13.5. The number of methoxy groups -OCH3 is 1. The summed E-state index contributed by atoms with van der Waals surface area (Å²) < 4.78 is 4.74. The van der Waals surface area contributed by atoms with Gasteiger partial charge in [0.05, 0.1) is 6.54 Å². The number of rotatable bonds is 6. The molecule has 1 aromatic heterocycles. The minimum atomic E-state index is -1.07. The molecule has 1 aromatic rings. The van der Waals surface area contributed by atoms with Gasteiger partial charge in [-0.2, -0.15) is 0 Å². The molecule has 98 valence electrons. The van der Waals surface area contributed by atoms with Crippen LogP contribution in [-0.4, -0.2) is 54.0 Å². The van der Waals surface area contributed by atoms with Gasteiger partial charge in [0.15, 0.2) is 11.8 Å². The van der Waals surface area contributed by atoms with E-state index in [-0.39, 0.29) is 18.1 Å². The SMILES string of the molecule is CNC(=O)c1ccc(NCC(OC)C(=O)O)nn1. The van der Waals surface area contributed by atoms with Gasteiger partial charge in [0.2, 0.25) is 0 Å². The number of hydrogen-bond acceptors (Lipinski definition) is 6. The lowest BCUT2D eigenvalue weighted by Gasteiger charge is -2.11. The van der Waals surface area contributed by atoms with E-state index in [9.17, 15) is 9.59 Å². The van der Waals surface area contributed by atoms with Crippen molar-refractivity contribution in [2.24, 2.45) is 0 Å². The van der Waals surface area contributed by atoms with E-state index in [0.717, 1.165) is 0 Å². The molecule has 1 atom stereocenters. The highest BCUT2D eigenvalue weighted by atomic mass is 16.5. The molecule has 0 saturated heterocycles. The zero-order valence-corrected chi connectivity index (χ0v) is 10.0. The molecule has 1 amide bonds. The van der Waals surface area contributed by atoms with Gasteiger partial charge in [0.1, 0.15) is 5.82 Å². The van der Waals surface area contributed by atoms with Gasteiger partial charge in [-0.25, -0.2) is 4.79 Å². The van der Waals surface area contributed by atoms with Crippen molar-refractivity contribution in [3.63, 3.8) is 0 Å². The monoisotopic (exact) mass is 254 g/mol. The van der Waals surface area contributed by atoms with Gasteiger partial charge in [0, 0.05) is 14.2 Å². The number of nitrogens with zero attached hydrogens (tertiary/aromatic N) is 2. The summed E-state index contributed by atoms with van der Waals surface area (Å²) in [6.07, 6.45) is -0.967. The van der Waals surface area contributed by atoms with Crippen LogP contribution in [0.2, 0.25) is 0 Å². The molecule has 1 rings (SSSR count). The van der Waals surface area contributed by atoms with Crippen LogP contribution in [0, 0.1) is 0 Å². The number of nitrogens with one attached hydrogen (secondary N) is 2. The van der Waals surface area contributed by atoms with E-state index in [0.29, 0.717) is 5.82 Å². The Morgan fingerprint density at radius 2 is 2.17 bits per heavy atom. The van der Waals surface area contributed by atoms with Crippen molar-refractivity contribution in [2.45, 2.75) is 6.10 Å². The van der Waals surface area contributed by atoms with Crippen LogP contribution in [0.15, 0.2) is 12.1 Å². The number of carbonyl (C=O) groups excluding carboxylic acids is 1. The summed E-state index contributed by atoms with van der Waals surface area (Å²) in [5.41, 5.74) is 0.185. The Labute approximate surface area is 103 Å². The summed E-state index contributed by atoms with van der Waals surface area (Å²) in [5, 5.41) is 21.3. The fraction of sp³-hybridized carbons (Fsp3) is 0.400. The summed E-state index contributed by atoms with van der Waals surface area (Å²) in [6, 6.07) is 3.02. The van der Waals surface area contributed by atoms with E-state index in [1.807, 2.05) is 0 Å². The lowest BCUT2D eigenvalue weighted by atomic mass is 10.3. The van der Waals surface area contributed by atoms with Crippen LogP contribution in [0.5, 0.6) is 0 Å². The molecule has 8 heteroatoms. The van der Waals surface area contributed by atoms with Crippen molar-refractivity contribution < 1.29 is 19.4 Å².